The fourth-order valence-electron chi connectivity index (χ4n) is 2.25. The molecule has 5 heteroatoms. The van der Waals surface area contributed by atoms with Gasteiger partial charge < -0.3 is 10.4 Å². The van der Waals surface area contributed by atoms with Crippen molar-refractivity contribution in [2.45, 2.75) is 42.7 Å². The summed E-state index contributed by atoms with van der Waals surface area (Å²) in [5.74, 6) is 0. The van der Waals surface area contributed by atoms with Crippen LogP contribution in [0.4, 0.5) is 5.69 Å². The van der Waals surface area contributed by atoms with Crippen molar-refractivity contribution in [2.75, 3.05) is 11.6 Å². The third-order valence-electron chi connectivity index (χ3n) is 3.35. The summed E-state index contributed by atoms with van der Waals surface area (Å²) in [7, 11) is -3.12. The molecule has 1 fully saturated rings. The summed E-state index contributed by atoms with van der Waals surface area (Å²) in [6.45, 7) is 0. The number of benzene rings is 1. The summed E-state index contributed by atoms with van der Waals surface area (Å²) in [4.78, 5) is 0.340. The van der Waals surface area contributed by atoms with E-state index in [1.165, 1.54) is 6.26 Å². The Morgan fingerprint density at radius 2 is 1.67 bits per heavy atom. The molecule has 0 aliphatic heterocycles. The highest BCUT2D eigenvalue weighted by Crippen LogP contribution is 2.22. The lowest BCUT2D eigenvalue weighted by atomic mass is 9.93. The third kappa shape index (κ3) is 3.46. The van der Waals surface area contributed by atoms with E-state index in [9.17, 15) is 13.5 Å². The SMILES string of the molecule is CS(=O)(=O)c1ccc(NC2CCC(O)CC2)cc1. The molecule has 0 aromatic heterocycles. The highest BCUT2D eigenvalue weighted by atomic mass is 32.2. The van der Waals surface area contributed by atoms with Gasteiger partial charge in [0, 0.05) is 18.0 Å². The lowest BCUT2D eigenvalue weighted by Crippen LogP contribution is -2.28. The van der Waals surface area contributed by atoms with Crippen molar-refractivity contribution in [3.05, 3.63) is 24.3 Å². The van der Waals surface area contributed by atoms with Gasteiger partial charge in [-0.05, 0) is 49.9 Å². The predicted molar refractivity (Wildman–Crippen MR) is 71.4 cm³/mol. The Morgan fingerprint density at radius 3 is 2.17 bits per heavy atom. The molecule has 2 N–H and O–H groups in total. The van der Waals surface area contributed by atoms with Gasteiger partial charge in [0.15, 0.2) is 9.84 Å². The van der Waals surface area contributed by atoms with Gasteiger partial charge in [-0.25, -0.2) is 8.42 Å². The maximum atomic E-state index is 11.3. The summed E-state index contributed by atoms with van der Waals surface area (Å²) in [6.07, 6.45) is 4.62. The highest BCUT2D eigenvalue weighted by molar-refractivity contribution is 7.90. The maximum absolute atomic E-state index is 11.3. The van der Waals surface area contributed by atoms with Gasteiger partial charge >= 0.3 is 0 Å². The molecule has 0 saturated heterocycles. The molecule has 100 valence electrons. The first-order chi connectivity index (χ1) is 8.45. The molecular weight excluding hydrogens is 250 g/mol. The predicted octanol–water partition coefficient (Wildman–Crippen LogP) is 1.81. The van der Waals surface area contributed by atoms with Crippen molar-refractivity contribution in [3.8, 4) is 0 Å². The first-order valence-electron chi connectivity index (χ1n) is 6.20. The van der Waals surface area contributed by atoms with Crippen LogP contribution in [-0.2, 0) is 9.84 Å². The minimum absolute atomic E-state index is 0.157. The van der Waals surface area contributed by atoms with E-state index in [1.54, 1.807) is 24.3 Å². The second kappa shape index (κ2) is 5.28. The van der Waals surface area contributed by atoms with Gasteiger partial charge in [-0.3, -0.25) is 0 Å². The van der Waals surface area contributed by atoms with Crippen LogP contribution in [0.5, 0.6) is 0 Å². The van der Waals surface area contributed by atoms with Gasteiger partial charge in [-0.2, -0.15) is 0 Å². The zero-order chi connectivity index (χ0) is 13.2. The summed E-state index contributed by atoms with van der Waals surface area (Å²) < 4.78 is 22.6. The van der Waals surface area contributed by atoms with Crippen LogP contribution in [-0.4, -0.2) is 31.9 Å². The van der Waals surface area contributed by atoms with E-state index in [-0.39, 0.29) is 6.10 Å². The third-order valence-corrected chi connectivity index (χ3v) is 4.48. The average molecular weight is 269 g/mol. The van der Waals surface area contributed by atoms with Gasteiger partial charge in [0.05, 0.1) is 11.0 Å². The van der Waals surface area contributed by atoms with E-state index in [4.69, 9.17) is 0 Å². The number of anilines is 1. The van der Waals surface area contributed by atoms with Crippen LogP contribution in [0.15, 0.2) is 29.2 Å². The molecule has 18 heavy (non-hydrogen) atoms. The molecule has 1 aromatic rings. The minimum atomic E-state index is -3.12. The van der Waals surface area contributed by atoms with Crippen molar-refractivity contribution in [1.82, 2.24) is 0 Å². The molecule has 0 bridgehead atoms. The quantitative estimate of drug-likeness (QED) is 0.878. The molecule has 0 radical (unpaired) electrons. The van der Waals surface area contributed by atoms with Crippen LogP contribution < -0.4 is 5.32 Å². The molecule has 0 unspecified atom stereocenters. The average Bonchev–Trinajstić information content (AvgIpc) is 2.32. The number of nitrogens with one attached hydrogen (secondary N) is 1. The zero-order valence-corrected chi connectivity index (χ0v) is 11.3. The number of hydrogen-bond donors (Lipinski definition) is 2. The van der Waals surface area contributed by atoms with Crippen LogP contribution >= 0.6 is 0 Å². The summed E-state index contributed by atoms with van der Waals surface area (Å²) in [5.41, 5.74) is 0.934. The smallest absolute Gasteiger partial charge is 0.175 e. The Labute approximate surface area is 108 Å². The molecule has 0 amide bonds. The second-order valence-electron chi connectivity index (χ2n) is 4.95. The van der Waals surface area contributed by atoms with Crippen molar-refractivity contribution in [2.24, 2.45) is 0 Å². The first-order valence-corrected chi connectivity index (χ1v) is 8.09. The van der Waals surface area contributed by atoms with E-state index in [1.807, 2.05) is 0 Å². The van der Waals surface area contributed by atoms with Crippen LogP contribution in [0.2, 0.25) is 0 Å². The number of hydrogen-bond acceptors (Lipinski definition) is 4. The minimum Gasteiger partial charge on any atom is -0.393 e. The molecule has 4 nitrogen and oxygen atoms in total. The van der Waals surface area contributed by atoms with Gasteiger partial charge in [0.2, 0.25) is 0 Å². The molecule has 1 saturated carbocycles. The molecular formula is C13H19NO3S. The van der Waals surface area contributed by atoms with E-state index in [2.05, 4.69) is 5.32 Å². The van der Waals surface area contributed by atoms with Crippen molar-refractivity contribution >= 4 is 15.5 Å². The Morgan fingerprint density at radius 1 is 1.11 bits per heavy atom. The van der Waals surface area contributed by atoms with Gasteiger partial charge in [-0.15, -0.1) is 0 Å². The molecule has 2 rings (SSSR count). The van der Waals surface area contributed by atoms with Crippen molar-refractivity contribution < 1.29 is 13.5 Å². The topological polar surface area (TPSA) is 66.4 Å². The largest absolute Gasteiger partial charge is 0.393 e. The van der Waals surface area contributed by atoms with Gasteiger partial charge in [0.1, 0.15) is 0 Å². The second-order valence-corrected chi connectivity index (χ2v) is 6.96. The fraction of sp³-hybridized carbons (Fsp3) is 0.538. The zero-order valence-electron chi connectivity index (χ0n) is 10.5. The van der Waals surface area contributed by atoms with Gasteiger partial charge in [-0.1, -0.05) is 0 Å². The Balaban J connectivity index is 1.98. The summed E-state index contributed by atoms with van der Waals surface area (Å²) >= 11 is 0. The lowest BCUT2D eigenvalue weighted by Gasteiger charge is -2.27. The van der Waals surface area contributed by atoms with Crippen molar-refractivity contribution in [3.63, 3.8) is 0 Å². The van der Waals surface area contributed by atoms with Crippen LogP contribution in [0.25, 0.3) is 0 Å². The van der Waals surface area contributed by atoms with Crippen molar-refractivity contribution in [1.29, 1.82) is 0 Å². The molecule has 0 atom stereocenters. The summed E-state index contributed by atoms with van der Waals surface area (Å²) in [5, 5.41) is 12.8. The summed E-state index contributed by atoms with van der Waals surface area (Å²) in [6, 6.07) is 7.20. The van der Waals surface area contributed by atoms with Crippen LogP contribution in [0, 0.1) is 0 Å². The standard InChI is InChI=1S/C13H19NO3S/c1-18(16,17)13-8-4-11(5-9-13)14-10-2-6-12(15)7-3-10/h4-5,8-10,12,14-15H,2-3,6-7H2,1H3. The lowest BCUT2D eigenvalue weighted by molar-refractivity contribution is 0.126. The van der Waals surface area contributed by atoms with E-state index in [0.29, 0.717) is 10.9 Å². The van der Waals surface area contributed by atoms with Crippen LogP contribution in [0.1, 0.15) is 25.7 Å². The fourth-order valence-corrected chi connectivity index (χ4v) is 2.88. The number of rotatable bonds is 3. The Hall–Kier alpha value is -1.07. The van der Waals surface area contributed by atoms with Crippen LogP contribution in [0.3, 0.4) is 0 Å². The van der Waals surface area contributed by atoms with Gasteiger partial charge in [0.25, 0.3) is 0 Å². The molecule has 1 aliphatic carbocycles. The molecule has 0 heterocycles. The van der Waals surface area contributed by atoms with E-state index in [0.717, 1.165) is 31.4 Å². The monoisotopic (exact) mass is 269 g/mol. The number of sulfone groups is 1. The highest BCUT2D eigenvalue weighted by Gasteiger charge is 2.19. The van der Waals surface area contributed by atoms with E-state index >= 15 is 0 Å². The molecule has 1 aromatic carbocycles. The number of aliphatic hydroxyl groups is 1. The number of aliphatic hydroxyl groups excluding tert-OH is 1. The Bertz CT molecular complexity index is 487. The Kier molecular flexibility index (Phi) is 3.92. The molecule has 1 aliphatic rings. The first kappa shape index (κ1) is 13.4. The van der Waals surface area contributed by atoms with E-state index < -0.39 is 9.84 Å². The maximum Gasteiger partial charge on any atom is 0.175 e. The molecule has 0 spiro atoms. The normalized spacial score (nSPS) is 24.8.